The molecule has 0 heterocycles. The van der Waals surface area contributed by atoms with Crippen molar-refractivity contribution >= 4 is 37.5 Å². The van der Waals surface area contributed by atoms with E-state index in [4.69, 9.17) is 5.14 Å². The number of hydrogen-bond donors (Lipinski definition) is 2. The molecular weight excluding hydrogens is 342 g/mol. The Morgan fingerprint density at radius 1 is 1.53 bits per heavy atom. The standard InChI is InChI=1S/C9H10BrN3O5S/c1-2-12-9(14)6-3-5(13(15)16)4-7(8(6)10)19(11,17)18/h3-4H,2H2,1H3,(H,12,14)(H2,11,17,18). The summed E-state index contributed by atoms with van der Waals surface area (Å²) in [5.41, 5.74) is -0.700. The third-order valence-corrected chi connectivity index (χ3v) is 4.18. The fraction of sp³-hybridized carbons (Fsp3) is 0.222. The highest BCUT2D eigenvalue weighted by atomic mass is 79.9. The fourth-order valence-electron chi connectivity index (χ4n) is 1.32. The first-order valence-electron chi connectivity index (χ1n) is 4.97. The Balaban J connectivity index is 3.60. The summed E-state index contributed by atoms with van der Waals surface area (Å²) in [5.74, 6) is -0.636. The van der Waals surface area contributed by atoms with Gasteiger partial charge in [-0.2, -0.15) is 0 Å². The van der Waals surface area contributed by atoms with E-state index in [1.165, 1.54) is 0 Å². The number of nitrogens with zero attached hydrogens (tertiary/aromatic N) is 1. The molecule has 0 saturated carbocycles. The number of carbonyl (C=O) groups is 1. The lowest BCUT2D eigenvalue weighted by Gasteiger charge is -2.08. The van der Waals surface area contributed by atoms with E-state index in [0.717, 1.165) is 12.1 Å². The number of hydrogen-bond acceptors (Lipinski definition) is 5. The minimum atomic E-state index is -4.19. The smallest absolute Gasteiger partial charge is 0.271 e. The third kappa shape index (κ3) is 3.49. The summed E-state index contributed by atoms with van der Waals surface area (Å²) in [6.07, 6.45) is 0. The molecule has 0 unspecified atom stereocenters. The van der Waals surface area contributed by atoms with Crippen LogP contribution in [-0.2, 0) is 10.0 Å². The summed E-state index contributed by atoms with van der Waals surface area (Å²) in [6.45, 7) is 1.95. The van der Waals surface area contributed by atoms with Crippen molar-refractivity contribution in [1.29, 1.82) is 0 Å². The number of primary sulfonamides is 1. The molecule has 0 aliphatic rings. The normalized spacial score (nSPS) is 11.1. The van der Waals surface area contributed by atoms with E-state index in [2.05, 4.69) is 21.2 Å². The molecule has 0 fully saturated rings. The number of carbonyl (C=O) groups excluding carboxylic acids is 1. The number of nitro benzene ring substituents is 1. The Kier molecular flexibility index (Phi) is 4.61. The number of rotatable bonds is 4. The number of amides is 1. The zero-order chi connectivity index (χ0) is 14.8. The molecule has 0 spiro atoms. The summed E-state index contributed by atoms with van der Waals surface area (Å²) >= 11 is 2.93. The van der Waals surface area contributed by atoms with E-state index in [1.54, 1.807) is 6.92 Å². The van der Waals surface area contributed by atoms with Crippen LogP contribution in [0.15, 0.2) is 21.5 Å². The van der Waals surface area contributed by atoms with Crippen molar-refractivity contribution in [3.8, 4) is 0 Å². The number of nitrogens with one attached hydrogen (secondary N) is 1. The molecule has 1 aromatic rings. The van der Waals surface area contributed by atoms with Gasteiger partial charge in [0.15, 0.2) is 0 Å². The highest BCUT2D eigenvalue weighted by Gasteiger charge is 2.24. The molecule has 8 nitrogen and oxygen atoms in total. The van der Waals surface area contributed by atoms with Crippen molar-refractivity contribution < 1.29 is 18.1 Å². The molecule has 0 atom stereocenters. The number of nitro groups is 1. The van der Waals surface area contributed by atoms with Gasteiger partial charge in [0.2, 0.25) is 10.0 Å². The van der Waals surface area contributed by atoms with E-state index >= 15 is 0 Å². The summed E-state index contributed by atoms with van der Waals surface area (Å²) in [7, 11) is -4.19. The van der Waals surface area contributed by atoms with Crippen molar-refractivity contribution in [2.75, 3.05) is 6.54 Å². The van der Waals surface area contributed by atoms with Crippen LogP contribution in [0.1, 0.15) is 17.3 Å². The van der Waals surface area contributed by atoms with E-state index in [1.807, 2.05) is 0 Å². The van der Waals surface area contributed by atoms with Crippen molar-refractivity contribution in [3.63, 3.8) is 0 Å². The first kappa shape index (κ1) is 15.5. The maximum absolute atomic E-state index is 11.7. The number of sulfonamides is 1. The number of benzene rings is 1. The first-order valence-corrected chi connectivity index (χ1v) is 7.31. The molecule has 0 aliphatic carbocycles. The van der Waals surface area contributed by atoms with Gasteiger partial charge in [-0.15, -0.1) is 0 Å². The van der Waals surface area contributed by atoms with Gasteiger partial charge in [-0.25, -0.2) is 13.6 Å². The Hall–Kier alpha value is -1.52. The molecule has 1 rings (SSSR count). The van der Waals surface area contributed by atoms with Crippen LogP contribution in [0, 0.1) is 10.1 Å². The molecule has 0 aliphatic heterocycles. The summed E-state index contributed by atoms with van der Waals surface area (Å²) in [6, 6.07) is 1.77. The first-order chi connectivity index (χ1) is 8.68. The quantitative estimate of drug-likeness (QED) is 0.610. The van der Waals surface area contributed by atoms with E-state index in [9.17, 15) is 23.3 Å². The van der Waals surface area contributed by atoms with Crippen molar-refractivity contribution in [3.05, 3.63) is 32.3 Å². The second kappa shape index (κ2) is 5.63. The Labute approximate surface area is 117 Å². The molecule has 0 saturated heterocycles. The maximum atomic E-state index is 11.7. The average Bonchev–Trinajstić information content (AvgIpc) is 2.27. The molecule has 19 heavy (non-hydrogen) atoms. The third-order valence-electron chi connectivity index (χ3n) is 2.12. The number of nitrogens with two attached hydrogens (primary N) is 1. The Morgan fingerprint density at radius 3 is 2.53 bits per heavy atom. The lowest BCUT2D eigenvalue weighted by Crippen LogP contribution is -2.24. The van der Waals surface area contributed by atoms with Gasteiger partial charge in [-0.05, 0) is 22.9 Å². The molecule has 1 amide bonds. The SMILES string of the molecule is CCNC(=O)c1cc([N+](=O)[O-])cc(S(N)(=O)=O)c1Br. The van der Waals surface area contributed by atoms with Crippen LogP contribution in [0.25, 0.3) is 0 Å². The molecule has 0 aromatic heterocycles. The minimum Gasteiger partial charge on any atom is -0.352 e. The predicted octanol–water partition coefficient (Wildman–Crippen LogP) is 0.754. The van der Waals surface area contributed by atoms with E-state index in [-0.39, 0.29) is 10.0 Å². The molecular formula is C9H10BrN3O5S. The molecule has 0 bridgehead atoms. The summed E-state index contributed by atoms with van der Waals surface area (Å²) < 4.78 is 22.6. The van der Waals surface area contributed by atoms with Gasteiger partial charge in [-0.3, -0.25) is 14.9 Å². The number of non-ortho nitro benzene ring substituents is 1. The maximum Gasteiger partial charge on any atom is 0.271 e. The van der Waals surface area contributed by atoms with Crippen LogP contribution in [0.5, 0.6) is 0 Å². The van der Waals surface area contributed by atoms with Gasteiger partial charge in [0.25, 0.3) is 11.6 Å². The van der Waals surface area contributed by atoms with E-state index in [0.29, 0.717) is 6.54 Å². The lowest BCUT2D eigenvalue weighted by molar-refractivity contribution is -0.385. The van der Waals surface area contributed by atoms with E-state index < -0.39 is 31.4 Å². The molecule has 3 N–H and O–H groups in total. The predicted molar refractivity (Wildman–Crippen MR) is 70.2 cm³/mol. The van der Waals surface area contributed by atoms with Gasteiger partial charge in [0, 0.05) is 18.7 Å². The highest BCUT2D eigenvalue weighted by molar-refractivity contribution is 9.10. The second-order valence-corrected chi connectivity index (χ2v) is 5.79. The molecule has 104 valence electrons. The summed E-state index contributed by atoms with van der Waals surface area (Å²) in [5, 5.41) is 18.1. The largest absolute Gasteiger partial charge is 0.352 e. The van der Waals surface area contributed by atoms with Crippen molar-refractivity contribution in [2.45, 2.75) is 11.8 Å². The Morgan fingerprint density at radius 2 is 2.11 bits per heavy atom. The molecule has 1 aromatic carbocycles. The average molecular weight is 352 g/mol. The summed E-state index contributed by atoms with van der Waals surface area (Å²) in [4.78, 5) is 21.2. The van der Waals surface area contributed by atoms with Gasteiger partial charge in [0.1, 0.15) is 4.90 Å². The Bertz CT molecular complexity index is 644. The van der Waals surface area contributed by atoms with Crippen LogP contribution in [0.2, 0.25) is 0 Å². The second-order valence-electron chi connectivity index (χ2n) is 3.47. The van der Waals surface area contributed by atoms with Crippen LogP contribution in [0.4, 0.5) is 5.69 Å². The van der Waals surface area contributed by atoms with Gasteiger partial charge >= 0.3 is 0 Å². The van der Waals surface area contributed by atoms with Crippen LogP contribution in [-0.4, -0.2) is 25.8 Å². The van der Waals surface area contributed by atoms with Crippen molar-refractivity contribution in [2.24, 2.45) is 5.14 Å². The van der Waals surface area contributed by atoms with Gasteiger partial charge in [-0.1, -0.05) is 0 Å². The van der Waals surface area contributed by atoms with Gasteiger partial charge < -0.3 is 5.32 Å². The minimum absolute atomic E-state index is 0.105. The van der Waals surface area contributed by atoms with Crippen LogP contribution in [0.3, 0.4) is 0 Å². The highest BCUT2D eigenvalue weighted by Crippen LogP contribution is 2.30. The van der Waals surface area contributed by atoms with Crippen LogP contribution < -0.4 is 10.5 Å². The van der Waals surface area contributed by atoms with Crippen molar-refractivity contribution in [1.82, 2.24) is 5.32 Å². The number of halogens is 1. The van der Waals surface area contributed by atoms with Crippen LogP contribution >= 0.6 is 15.9 Å². The molecule has 0 radical (unpaired) electrons. The monoisotopic (exact) mass is 351 g/mol. The zero-order valence-electron chi connectivity index (χ0n) is 9.71. The van der Waals surface area contributed by atoms with Gasteiger partial charge in [0.05, 0.1) is 15.0 Å². The molecule has 10 heteroatoms. The topological polar surface area (TPSA) is 132 Å². The fourth-order valence-corrected chi connectivity index (χ4v) is 3.05. The zero-order valence-corrected chi connectivity index (χ0v) is 12.1. The lowest BCUT2D eigenvalue weighted by atomic mass is 10.2.